The van der Waals surface area contributed by atoms with Crippen LogP contribution in [0, 0.1) is 0 Å². The van der Waals surface area contributed by atoms with Gasteiger partial charge >= 0.3 is 0 Å². The molecule has 0 radical (unpaired) electrons. The lowest BCUT2D eigenvalue weighted by atomic mass is 10.1. The second-order valence-electron chi connectivity index (χ2n) is 7.23. The van der Waals surface area contributed by atoms with E-state index >= 15 is 0 Å². The number of carbonyl (C=O) groups is 1. The number of benzene rings is 2. The number of carbonyl (C=O) groups excluding carboxylic acids is 1. The van der Waals surface area contributed by atoms with E-state index in [1.165, 1.54) is 12.3 Å². The molecule has 1 atom stereocenters. The Morgan fingerprint density at radius 3 is 2.83 bits per heavy atom. The summed E-state index contributed by atoms with van der Waals surface area (Å²) in [5, 5.41) is 13.4. The SMILES string of the molecule is NS(=O)(=O)c1cc(NC(=O)Cc2ccccc2Cl)cc2c1cnn2CC1CCCO1. The van der Waals surface area contributed by atoms with E-state index in [0.29, 0.717) is 40.3 Å². The monoisotopic (exact) mass is 448 g/mol. The van der Waals surface area contributed by atoms with Gasteiger partial charge in [-0.2, -0.15) is 5.10 Å². The van der Waals surface area contributed by atoms with E-state index in [0.717, 1.165) is 12.8 Å². The van der Waals surface area contributed by atoms with E-state index in [-0.39, 0.29) is 23.3 Å². The summed E-state index contributed by atoms with van der Waals surface area (Å²) >= 11 is 6.12. The minimum Gasteiger partial charge on any atom is -0.376 e. The molecule has 1 unspecified atom stereocenters. The predicted octanol–water partition coefficient (Wildman–Crippen LogP) is 2.70. The molecule has 1 aliphatic rings. The molecule has 2 aromatic carbocycles. The van der Waals surface area contributed by atoms with Crippen LogP contribution in [-0.4, -0.2) is 36.8 Å². The summed E-state index contributed by atoms with van der Waals surface area (Å²) in [5.74, 6) is -0.326. The number of amides is 1. The molecule has 1 aliphatic heterocycles. The lowest BCUT2D eigenvalue weighted by molar-refractivity contribution is -0.115. The van der Waals surface area contributed by atoms with Crippen molar-refractivity contribution >= 4 is 44.1 Å². The molecule has 1 amide bonds. The molecular formula is C20H21ClN4O4S. The van der Waals surface area contributed by atoms with Gasteiger partial charge in [-0.3, -0.25) is 9.48 Å². The molecule has 3 N–H and O–H groups in total. The average Bonchev–Trinajstić information content (AvgIpc) is 3.33. The third-order valence-electron chi connectivity index (χ3n) is 5.02. The average molecular weight is 449 g/mol. The number of fused-ring (bicyclic) bond motifs is 1. The molecule has 1 saturated heterocycles. The number of primary sulfonamides is 1. The molecule has 2 heterocycles. The first-order valence-electron chi connectivity index (χ1n) is 9.48. The van der Waals surface area contributed by atoms with Crippen LogP contribution in [0.25, 0.3) is 10.9 Å². The summed E-state index contributed by atoms with van der Waals surface area (Å²) in [6, 6.07) is 10.1. The first-order valence-corrected chi connectivity index (χ1v) is 11.4. The zero-order chi connectivity index (χ0) is 21.3. The highest BCUT2D eigenvalue weighted by Crippen LogP contribution is 2.28. The van der Waals surface area contributed by atoms with Crippen molar-refractivity contribution in [2.45, 2.75) is 36.8 Å². The van der Waals surface area contributed by atoms with Gasteiger partial charge in [-0.15, -0.1) is 0 Å². The van der Waals surface area contributed by atoms with Gasteiger partial charge in [0, 0.05) is 22.7 Å². The van der Waals surface area contributed by atoms with Gasteiger partial charge < -0.3 is 10.1 Å². The van der Waals surface area contributed by atoms with E-state index in [1.54, 1.807) is 35.0 Å². The maximum atomic E-state index is 12.5. The van der Waals surface area contributed by atoms with Crippen molar-refractivity contribution in [3.63, 3.8) is 0 Å². The zero-order valence-corrected chi connectivity index (χ0v) is 17.6. The molecule has 0 bridgehead atoms. The van der Waals surface area contributed by atoms with E-state index < -0.39 is 10.0 Å². The number of ether oxygens (including phenoxy) is 1. The number of aromatic nitrogens is 2. The summed E-state index contributed by atoms with van der Waals surface area (Å²) in [5.41, 5.74) is 1.55. The standard InChI is InChI=1S/C20H21ClN4O4S/c21-17-6-2-1-4-13(17)8-20(26)24-14-9-18-16(19(10-14)30(22,27)28)11-23-25(18)12-15-5-3-7-29-15/h1-2,4,6,9-11,15H,3,5,7-8,12H2,(H,24,26)(H2,22,27,28). The van der Waals surface area contributed by atoms with Gasteiger partial charge in [0.2, 0.25) is 15.9 Å². The third-order valence-corrected chi connectivity index (χ3v) is 6.34. The maximum absolute atomic E-state index is 12.5. The van der Waals surface area contributed by atoms with Crippen molar-refractivity contribution in [3.05, 3.63) is 53.2 Å². The van der Waals surface area contributed by atoms with Gasteiger partial charge in [-0.25, -0.2) is 13.6 Å². The van der Waals surface area contributed by atoms with Crippen LogP contribution >= 0.6 is 11.6 Å². The normalized spacial score (nSPS) is 16.8. The number of hydrogen-bond donors (Lipinski definition) is 2. The van der Waals surface area contributed by atoms with Crippen LogP contribution in [0.3, 0.4) is 0 Å². The number of halogens is 1. The van der Waals surface area contributed by atoms with Crippen LogP contribution in [0.4, 0.5) is 5.69 Å². The smallest absolute Gasteiger partial charge is 0.238 e. The molecular weight excluding hydrogens is 428 g/mol. The molecule has 8 nitrogen and oxygen atoms in total. The molecule has 4 rings (SSSR count). The van der Waals surface area contributed by atoms with Crippen molar-refractivity contribution in [1.29, 1.82) is 0 Å². The Hall–Kier alpha value is -2.46. The summed E-state index contributed by atoms with van der Waals surface area (Å²) in [7, 11) is -4.02. The fraction of sp³-hybridized carbons (Fsp3) is 0.300. The van der Waals surface area contributed by atoms with Crippen molar-refractivity contribution in [2.24, 2.45) is 5.14 Å². The molecule has 1 fully saturated rings. The predicted molar refractivity (Wildman–Crippen MR) is 114 cm³/mol. The number of sulfonamides is 1. The lowest BCUT2D eigenvalue weighted by Gasteiger charge is -2.12. The van der Waals surface area contributed by atoms with Gasteiger partial charge in [-0.05, 0) is 36.6 Å². The van der Waals surface area contributed by atoms with E-state index in [2.05, 4.69) is 10.4 Å². The first-order chi connectivity index (χ1) is 14.3. The quantitative estimate of drug-likeness (QED) is 0.601. The fourth-order valence-corrected chi connectivity index (χ4v) is 4.56. The number of nitrogens with zero attached hydrogens (tertiary/aromatic N) is 2. The van der Waals surface area contributed by atoms with Crippen LogP contribution in [0.15, 0.2) is 47.5 Å². The fourth-order valence-electron chi connectivity index (χ4n) is 3.60. The Morgan fingerprint density at radius 2 is 2.13 bits per heavy atom. The Labute approximate surface area is 179 Å². The zero-order valence-electron chi connectivity index (χ0n) is 16.0. The van der Waals surface area contributed by atoms with Crippen LogP contribution in [-0.2, 0) is 32.5 Å². The van der Waals surface area contributed by atoms with E-state index in [1.807, 2.05) is 0 Å². The summed E-state index contributed by atoms with van der Waals surface area (Å²) in [6.45, 7) is 1.19. The number of rotatable bonds is 6. The Bertz CT molecular complexity index is 1200. The van der Waals surface area contributed by atoms with Crippen molar-refractivity contribution in [1.82, 2.24) is 9.78 Å². The largest absolute Gasteiger partial charge is 0.376 e. The molecule has 30 heavy (non-hydrogen) atoms. The van der Waals surface area contributed by atoms with Crippen LogP contribution in [0.5, 0.6) is 0 Å². The van der Waals surface area contributed by atoms with Gasteiger partial charge in [0.15, 0.2) is 0 Å². The van der Waals surface area contributed by atoms with E-state index in [4.69, 9.17) is 21.5 Å². The molecule has 0 spiro atoms. The molecule has 3 aromatic rings. The molecule has 1 aromatic heterocycles. The van der Waals surface area contributed by atoms with Crippen LogP contribution < -0.4 is 10.5 Å². The summed E-state index contributed by atoms with van der Waals surface area (Å²) < 4.78 is 31.7. The number of nitrogens with one attached hydrogen (secondary N) is 1. The maximum Gasteiger partial charge on any atom is 0.238 e. The van der Waals surface area contributed by atoms with Crippen molar-refractivity contribution < 1.29 is 17.9 Å². The summed E-state index contributed by atoms with van der Waals surface area (Å²) in [6.07, 6.45) is 3.44. The number of anilines is 1. The topological polar surface area (TPSA) is 116 Å². The highest BCUT2D eigenvalue weighted by molar-refractivity contribution is 7.89. The number of hydrogen-bond acceptors (Lipinski definition) is 5. The summed E-state index contributed by atoms with van der Waals surface area (Å²) in [4.78, 5) is 12.4. The Morgan fingerprint density at radius 1 is 1.33 bits per heavy atom. The van der Waals surface area contributed by atoms with E-state index in [9.17, 15) is 13.2 Å². The van der Waals surface area contributed by atoms with Crippen molar-refractivity contribution in [2.75, 3.05) is 11.9 Å². The Balaban J connectivity index is 1.66. The second-order valence-corrected chi connectivity index (χ2v) is 9.17. The van der Waals surface area contributed by atoms with Gasteiger partial charge in [0.1, 0.15) is 0 Å². The van der Waals surface area contributed by atoms with Crippen LogP contribution in [0.2, 0.25) is 5.02 Å². The second kappa shape index (κ2) is 8.35. The molecule has 10 heteroatoms. The minimum atomic E-state index is -4.02. The first kappa shape index (κ1) is 20.8. The van der Waals surface area contributed by atoms with Gasteiger partial charge in [-0.1, -0.05) is 29.8 Å². The molecule has 0 aliphatic carbocycles. The lowest BCUT2D eigenvalue weighted by Crippen LogP contribution is -2.18. The highest BCUT2D eigenvalue weighted by Gasteiger charge is 2.21. The molecule has 158 valence electrons. The third kappa shape index (κ3) is 4.49. The van der Waals surface area contributed by atoms with Gasteiger partial charge in [0.05, 0.1) is 35.7 Å². The van der Waals surface area contributed by atoms with Crippen LogP contribution in [0.1, 0.15) is 18.4 Å². The molecule has 0 saturated carbocycles. The Kier molecular flexibility index (Phi) is 5.79. The minimum absolute atomic E-state index is 0.0181. The highest BCUT2D eigenvalue weighted by atomic mass is 35.5. The number of nitrogens with two attached hydrogens (primary N) is 1. The van der Waals surface area contributed by atoms with Gasteiger partial charge in [0.25, 0.3) is 0 Å². The van der Waals surface area contributed by atoms with Crippen molar-refractivity contribution in [3.8, 4) is 0 Å².